The van der Waals surface area contributed by atoms with Crippen LogP contribution in [-0.2, 0) is 11.3 Å². The van der Waals surface area contributed by atoms with Crippen molar-refractivity contribution >= 4 is 5.91 Å². The molecule has 0 radical (unpaired) electrons. The fraction of sp³-hybridized carbons (Fsp3) is 0.600. The van der Waals surface area contributed by atoms with Crippen LogP contribution in [0.2, 0.25) is 0 Å². The van der Waals surface area contributed by atoms with Crippen LogP contribution < -0.4 is 0 Å². The van der Waals surface area contributed by atoms with Crippen LogP contribution in [0.15, 0.2) is 18.5 Å². The second kappa shape index (κ2) is 4.44. The Hall–Kier alpha value is -1.36. The third-order valence-electron chi connectivity index (χ3n) is 1.91. The summed E-state index contributed by atoms with van der Waals surface area (Å²) in [6, 6.07) is 1.77. The molecule has 0 aliphatic rings. The largest absolute Gasteiger partial charge is 0.389 e. The molecule has 0 atom stereocenters. The standard InChI is InChI=1S/C10H17N3O2/c1-10(2,15)8-12(3)9(14)7-13-6-4-5-11-13/h4-6,15H,7-8H2,1-3H3. The summed E-state index contributed by atoms with van der Waals surface area (Å²) in [6.45, 7) is 3.86. The summed E-state index contributed by atoms with van der Waals surface area (Å²) in [6.07, 6.45) is 3.36. The number of amides is 1. The molecule has 0 spiro atoms. The van der Waals surface area contributed by atoms with Gasteiger partial charge in [0.15, 0.2) is 0 Å². The van der Waals surface area contributed by atoms with Crippen molar-refractivity contribution in [1.82, 2.24) is 14.7 Å². The highest BCUT2D eigenvalue weighted by molar-refractivity contribution is 5.75. The average molecular weight is 211 g/mol. The van der Waals surface area contributed by atoms with Crippen molar-refractivity contribution < 1.29 is 9.90 Å². The van der Waals surface area contributed by atoms with Gasteiger partial charge in [-0.05, 0) is 19.9 Å². The van der Waals surface area contributed by atoms with E-state index in [1.807, 2.05) is 0 Å². The molecule has 1 aromatic rings. The van der Waals surface area contributed by atoms with Crippen LogP contribution in [0.4, 0.5) is 0 Å². The number of likely N-dealkylation sites (N-methyl/N-ethyl adjacent to an activating group) is 1. The zero-order chi connectivity index (χ0) is 11.5. The van der Waals surface area contributed by atoms with Crippen molar-refractivity contribution in [3.05, 3.63) is 18.5 Å². The van der Waals surface area contributed by atoms with Crippen molar-refractivity contribution in [1.29, 1.82) is 0 Å². The monoisotopic (exact) mass is 211 g/mol. The predicted molar refractivity (Wildman–Crippen MR) is 56.2 cm³/mol. The number of rotatable bonds is 4. The van der Waals surface area contributed by atoms with Crippen molar-refractivity contribution in [3.63, 3.8) is 0 Å². The number of nitrogens with zero attached hydrogens (tertiary/aromatic N) is 3. The van der Waals surface area contributed by atoms with Gasteiger partial charge in [-0.1, -0.05) is 0 Å². The fourth-order valence-corrected chi connectivity index (χ4v) is 1.32. The molecule has 0 aliphatic carbocycles. The molecule has 5 heteroatoms. The summed E-state index contributed by atoms with van der Waals surface area (Å²) < 4.78 is 1.56. The smallest absolute Gasteiger partial charge is 0.244 e. The Morgan fingerprint density at radius 2 is 2.27 bits per heavy atom. The molecule has 1 aromatic heterocycles. The molecule has 15 heavy (non-hydrogen) atoms. The summed E-state index contributed by atoms with van der Waals surface area (Å²) in [4.78, 5) is 13.1. The summed E-state index contributed by atoms with van der Waals surface area (Å²) in [7, 11) is 1.67. The van der Waals surface area contributed by atoms with E-state index in [0.29, 0.717) is 6.54 Å². The van der Waals surface area contributed by atoms with E-state index in [2.05, 4.69) is 5.10 Å². The quantitative estimate of drug-likeness (QED) is 0.769. The minimum absolute atomic E-state index is 0.0687. The lowest BCUT2D eigenvalue weighted by Gasteiger charge is -2.25. The Balaban J connectivity index is 2.47. The zero-order valence-electron chi connectivity index (χ0n) is 9.34. The van der Waals surface area contributed by atoms with Crippen molar-refractivity contribution in [2.45, 2.75) is 26.0 Å². The predicted octanol–water partition coefficient (Wildman–Crippen LogP) is 0.112. The van der Waals surface area contributed by atoms with E-state index in [-0.39, 0.29) is 12.5 Å². The molecule has 0 aliphatic heterocycles. The molecule has 5 nitrogen and oxygen atoms in total. The van der Waals surface area contributed by atoms with Crippen molar-refractivity contribution in [2.75, 3.05) is 13.6 Å². The maximum absolute atomic E-state index is 11.6. The van der Waals surface area contributed by atoms with E-state index in [1.165, 1.54) is 4.90 Å². The van der Waals surface area contributed by atoms with Gasteiger partial charge in [0.1, 0.15) is 6.54 Å². The Labute approximate surface area is 89.3 Å². The molecule has 84 valence electrons. The molecule has 0 bridgehead atoms. The van der Waals surface area contributed by atoms with Gasteiger partial charge in [-0.3, -0.25) is 9.48 Å². The van der Waals surface area contributed by atoms with Gasteiger partial charge in [0.25, 0.3) is 0 Å². The van der Waals surface area contributed by atoms with Crippen LogP contribution in [0, 0.1) is 0 Å². The van der Waals surface area contributed by atoms with Crippen molar-refractivity contribution in [3.8, 4) is 0 Å². The third-order valence-corrected chi connectivity index (χ3v) is 1.91. The van der Waals surface area contributed by atoms with Gasteiger partial charge in [-0.15, -0.1) is 0 Å². The van der Waals surface area contributed by atoms with E-state index >= 15 is 0 Å². The van der Waals surface area contributed by atoms with E-state index in [4.69, 9.17) is 0 Å². The topological polar surface area (TPSA) is 58.4 Å². The van der Waals surface area contributed by atoms with E-state index in [0.717, 1.165) is 0 Å². The molecule has 0 unspecified atom stereocenters. The molecule has 1 rings (SSSR count). The number of hydrogen-bond acceptors (Lipinski definition) is 3. The molecule has 0 saturated carbocycles. The Morgan fingerprint density at radius 1 is 1.60 bits per heavy atom. The Kier molecular flexibility index (Phi) is 3.47. The summed E-state index contributed by atoms with van der Waals surface area (Å²) in [5.41, 5.74) is -0.867. The van der Waals surface area contributed by atoms with Gasteiger partial charge >= 0.3 is 0 Å². The summed E-state index contributed by atoms with van der Waals surface area (Å²) in [5.74, 6) is -0.0687. The lowest BCUT2D eigenvalue weighted by molar-refractivity contribution is -0.133. The first-order chi connectivity index (χ1) is 6.88. The number of aromatic nitrogens is 2. The number of carbonyl (C=O) groups is 1. The summed E-state index contributed by atoms with van der Waals surface area (Å²) >= 11 is 0. The van der Waals surface area contributed by atoms with Gasteiger partial charge < -0.3 is 10.0 Å². The Bertz CT molecular complexity index is 314. The zero-order valence-corrected chi connectivity index (χ0v) is 9.34. The molecule has 1 heterocycles. The maximum Gasteiger partial charge on any atom is 0.244 e. The SMILES string of the molecule is CN(CC(C)(C)O)C(=O)Cn1cccn1. The molecular formula is C10H17N3O2. The second-order valence-electron chi connectivity index (χ2n) is 4.27. The number of aliphatic hydroxyl groups is 1. The highest BCUT2D eigenvalue weighted by atomic mass is 16.3. The van der Waals surface area contributed by atoms with Crippen LogP contribution in [-0.4, -0.2) is 44.9 Å². The minimum Gasteiger partial charge on any atom is -0.389 e. The normalized spacial score (nSPS) is 11.5. The minimum atomic E-state index is -0.867. The molecule has 1 amide bonds. The van der Waals surface area contributed by atoms with Crippen LogP contribution in [0.3, 0.4) is 0 Å². The van der Waals surface area contributed by atoms with E-state index in [9.17, 15) is 9.90 Å². The van der Waals surface area contributed by atoms with Gasteiger partial charge in [0.2, 0.25) is 5.91 Å². The first-order valence-electron chi connectivity index (χ1n) is 4.82. The number of hydrogen-bond donors (Lipinski definition) is 1. The van der Waals surface area contributed by atoms with Gasteiger partial charge in [0.05, 0.1) is 5.60 Å². The molecule has 0 saturated heterocycles. The second-order valence-corrected chi connectivity index (χ2v) is 4.27. The molecule has 0 fully saturated rings. The maximum atomic E-state index is 11.6. The molecule has 1 N–H and O–H groups in total. The molecular weight excluding hydrogens is 194 g/mol. The van der Waals surface area contributed by atoms with Crippen molar-refractivity contribution in [2.24, 2.45) is 0 Å². The van der Waals surface area contributed by atoms with Gasteiger partial charge in [-0.2, -0.15) is 5.10 Å². The third kappa shape index (κ3) is 4.12. The highest BCUT2D eigenvalue weighted by Gasteiger charge is 2.19. The number of carbonyl (C=O) groups excluding carboxylic acids is 1. The average Bonchev–Trinajstić information content (AvgIpc) is 2.53. The lowest BCUT2D eigenvalue weighted by atomic mass is 10.1. The van der Waals surface area contributed by atoms with E-state index < -0.39 is 5.60 Å². The van der Waals surface area contributed by atoms with Crippen LogP contribution in [0.5, 0.6) is 0 Å². The highest BCUT2D eigenvalue weighted by Crippen LogP contribution is 2.03. The summed E-state index contributed by atoms with van der Waals surface area (Å²) in [5, 5.41) is 13.5. The molecule has 0 aromatic carbocycles. The first kappa shape index (κ1) is 11.7. The van der Waals surface area contributed by atoms with Crippen LogP contribution in [0.1, 0.15) is 13.8 Å². The van der Waals surface area contributed by atoms with Crippen LogP contribution in [0.25, 0.3) is 0 Å². The van der Waals surface area contributed by atoms with Gasteiger partial charge in [-0.25, -0.2) is 0 Å². The lowest BCUT2D eigenvalue weighted by Crippen LogP contribution is -2.41. The Morgan fingerprint density at radius 3 is 2.73 bits per heavy atom. The fourth-order valence-electron chi connectivity index (χ4n) is 1.32. The van der Waals surface area contributed by atoms with Gasteiger partial charge in [0, 0.05) is 26.0 Å². The first-order valence-corrected chi connectivity index (χ1v) is 4.82. The van der Waals surface area contributed by atoms with E-state index in [1.54, 1.807) is 44.0 Å². The van der Waals surface area contributed by atoms with Crippen LogP contribution >= 0.6 is 0 Å².